The molecule has 5 rings (SSSR count). The van der Waals surface area contributed by atoms with Gasteiger partial charge in [-0.05, 0) is 62.3 Å². The number of hydrogen-bond acceptors (Lipinski definition) is 6. The summed E-state index contributed by atoms with van der Waals surface area (Å²) < 4.78 is 11.4. The molecule has 0 saturated carbocycles. The quantitative estimate of drug-likeness (QED) is 0.353. The number of fused-ring (bicyclic) bond motifs is 1. The van der Waals surface area contributed by atoms with Gasteiger partial charge in [0.25, 0.3) is 0 Å². The number of aromatic nitrogens is 4. The topological polar surface area (TPSA) is 52.0 Å². The molecule has 1 aliphatic rings. The summed E-state index contributed by atoms with van der Waals surface area (Å²) in [5, 5.41) is 6.71. The molecule has 0 bridgehead atoms. The first-order valence-corrected chi connectivity index (χ1v) is 11.7. The summed E-state index contributed by atoms with van der Waals surface area (Å²) in [6.45, 7) is 5.53. The van der Waals surface area contributed by atoms with Crippen molar-refractivity contribution in [2.24, 2.45) is 0 Å². The Balaban J connectivity index is 1.29. The van der Waals surface area contributed by atoms with Crippen LogP contribution in [0.3, 0.4) is 0 Å². The van der Waals surface area contributed by atoms with E-state index in [2.05, 4.69) is 17.9 Å². The first-order valence-electron chi connectivity index (χ1n) is 10.1. The second-order valence-electron chi connectivity index (χ2n) is 7.53. The van der Waals surface area contributed by atoms with Gasteiger partial charge in [0, 0.05) is 30.6 Å². The van der Waals surface area contributed by atoms with Crippen molar-refractivity contribution in [3.63, 3.8) is 0 Å². The van der Waals surface area contributed by atoms with E-state index in [1.54, 1.807) is 17.6 Å². The number of likely N-dealkylation sites (tertiary alicyclic amines) is 1. The van der Waals surface area contributed by atoms with Crippen LogP contribution in [0.2, 0.25) is 5.02 Å². The maximum atomic E-state index is 6.11. The van der Waals surface area contributed by atoms with Crippen LogP contribution in [0.15, 0.2) is 41.0 Å². The van der Waals surface area contributed by atoms with Crippen molar-refractivity contribution in [1.82, 2.24) is 24.2 Å². The third-order valence-corrected chi connectivity index (χ3v) is 7.48. The molecule has 0 amide bonds. The van der Waals surface area contributed by atoms with Crippen molar-refractivity contribution >= 4 is 45.4 Å². The SMILES string of the molecule is CCn1c(-c2ccco2)nn(CN2CCC(c3nc4cc(Cl)ccc4s3)CC2)c1=S. The maximum Gasteiger partial charge on any atom is 0.199 e. The number of piperidine rings is 1. The molecule has 3 aromatic heterocycles. The molecule has 1 aliphatic heterocycles. The number of thiazole rings is 1. The highest BCUT2D eigenvalue weighted by atomic mass is 35.5. The van der Waals surface area contributed by atoms with Crippen molar-refractivity contribution in [3.8, 4) is 11.6 Å². The maximum absolute atomic E-state index is 6.11. The van der Waals surface area contributed by atoms with Crippen LogP contribution in [-0.2, 0) is 13.2 Å². The first kappa shape index (κ1) is 19.9. The fourth-order valence-corrected chi connectivity index (χ4v) is 5.61. The van der Waals surface area contributed by atoms with Gasteiger partial charge in [0.15, 0.2) is 16.4 Å². The van der Waals surface area contributed by atoms with Crippen molar-refractivity contribution in [2.45, 2.75) is 38.9 Å². The van der Waals surface area contributed by atoms with E-state index < -0.39 is 0 Å². The molecule has 0 spiro atoms. The molecule has 1 fully saturated rings. The average Bonchev–Trinajstić information content (AvgIpc) is 3.48. The van der Waals surface area contributed by atoms with Crippen molar-refractivity contribution in [2.75, 3.05) is 13.1 Å². The van der Waals surface area contributed by atoms with Gasteiger partial charge in [-0.3, -0.25) is 9.47 Å². The fraction of sp³-hybridized carbons (Fsp3) is 0.381. The van der Waals surface area contributed by atoms with Gasteiger partial charge >= 0.3 is 0 Å². The van der Waals surface area contributed by atoms with Gasteiger partial charge in [-0.2, -0.15) is 0 Å². The Morgan fingerprint density at radius 2 is 2.10 bits per heavy atom. The Hall–Kier alpha value is -2.00. The monoisotopic (exact) mass is 459 g/mol. The Bertz CT molecular complexity index is 1220. The third kappa shape index (κ3) is 3.73. The standard InChI is InChI=1S/C21H22ClN5OS2/c1-2-26-19(17-4-3-11-28-17)24-27(21(26)29)13-25-9-7-14(8-10-25)20-23-16-12-15(22)5-6-18(16)30-20/h3-6,11-12,14H,2,7-10,13H2,1H3. The molecule has 0 unspecified atom stereocenters. The molecule has 4 aromatic rings. The van der Waals surface area contributed by atoms with E-state index in [0.717, 1.165) is 59.4 Å². The third-order valence-electron chi connectivity index (χ3n) is 5.62. The zero-order valence-corrected chi connectivity index (χ0v) is 19.0. The van der Waals surface area contributed by atoms with Crippen LogP contribution in [-0.4, -0.2) is 37.3 Å². The van der Waals surface area contributed by atoms with E-state index in [0.29, 0.717) is 12.6 Å². The average molecular weight is 460 g/mol. The molecular formula is C21H22ClN5OS2. The predicted molar refractivity (Wildman–Crippen MR) is 123 cm³/mol. The smallest absolute Gasteiger partial charge is 0.199 e. The second kappa shape index (κ2) is 8.26. The Morgan fingerprint density at radius 3 is 2.83 bits per heavy atom. The van der Waals surface area contributed by atoms with Crippen molar-refractivity contribution in [3.05, 3.63) is 51.4 Å². The summed E-state index contributed by atoms with van der Waals surface area (Å²) in [5.41, 5.74) is 1.01. The lowest BCUT2D eigenvalue weighted by atomic mass is 9.98. The van der Waals surface area contributed by atoms with E-state index in [4.69, 9.17) is 38.3 Å². The molecule has 0 aliphatic carbocycles. The van der Waals surface area contributed by atoms with Gasteiger partial charge in [0.1, 0.15) is 0 Å². The lowest BCUT2D eigenvalue weighted by Crippen LogP contribution is -2.34. The molecule has 9 heteroatoms. The van der Waals surface area contributed by atoms with Gasteiger partial charge in [0.2, 0.25) is 0 Å². The number of nitrogens with zero attached hydrogens (tertiary/aromatic N) is 5. The number of benzene rings is 1. The predicted octanol–water partition coefficient (Wildman–Crippen LogP) is 5.79. The number of rotatable bonds is 5. The summed E-state index contributed by atoms with van der Waals surface area (Å²) in [7, 11) is 0. The lowest BCUT2D eigenvalue weighted by Gasteiger charge is -2.30. The highest BCUT2D eigenvalue weighted by Gasteiger charge is 2.24. The van der Waals surface area contributed by atoms with Gasteiger partial charge in [-0.25, -0.2) is 9.67 Å². The van der Waals surface area contributed by atoms with Crippen LogP contribution in [0.4, 0.5) is 0 Å². The summed E-state index contributed by atoms with van der Waals surface area (Å²) in [6.07, 6.45) is 3.83. The highest BCUT2D eigenvalue weighted by Crippen LogP contribution is 2.34. The molecule has 1 saturated heterocycles. The van der Waals surface area contributed by atoms with E-state index in [1.165, 1.54) is 9.71 Å². The minimum Gasteiger partial charge on any atom is -0.461 e. The Kier molecular flexibility index (Phi) is 5.49. The minimum atomic E-state index is 0.497. The molecule has 0 N–H and O–H groups in total. The van der Waals surface area contributed by atoms with Crippen LogP contribution in [0.25, 0.3) is 21.8 Å². The summed E-state index contributed by atoms with van der Waals surface area (Å²) in [6, 6.07) is 9.75. The van der Waals surface area contributed by atoms with E-state index in [9.17, 15) is 0 Å². The number of hydrogen-bond donors (Lipinski definition) is 0. The Morgan fingerprint density at radius 1 is 1.27 bits per heavy atom. The number of furan rings is 1. The lowest BCUT2D eigenvalue weighted by molar-refractivity contribution is 0.160. The van der Waals surface area contributed by atoms with Gasteiger partial charge in [-0.15, -0.1) is 16.4 Å². The molecule has 0 radical (unpaired) electrons. The van der Waals surface area contributed by atoms with E-state index >= 15 is 0 Å². The van der Waals surface area contributed by atoms with E-state index in [-0.39, 0.29) is 0 Å². The zero-order valence-electron chi connectivity index (χ0n) is 16.6. The fourth-order valence-electron chi connectivity index (χ4n) is 4.01. The number of halogens is 1. The van der Waals surface area contributed by atoms with Crippen LogP contribution >= 0.6 is 35.2 Å². The molecule has 1 aromatic carbocycles. The molecule has 0 atom stereocenters. The van der Waals surface area contributed by atoms with Crippen LogP contribution in [0.1, 0.15) is 30.7 Å². The minimum absolute atomic E-state index is 0.497. The molecule has 6 nitrogen and oxygen atoms in total. The Labute approximate surface area is 188 Å². The molecule has 156 valence electrons. The van der Waals surface area contributed by atoms with Gasteiger partial charge in [-0.1, -0.05) is 11.6 Å². The zero-order chi connectivity index (χ0) is 20.7. The summed E-state index contributed by atoms with van der Waals surface area (Å²) in [4.78, 5) is 7.25. The van der Waals surface area contributed by atoms with E-state index in [1.807, 2.05) is 33.5 Å². The highest BCUT2D eigenvalue weighted by molar-refractivity contribution is 7.71. The van der Waals surface area contributed by atoms with Crippen LogP contribution in [0.5, 0.6) is 0 Å². The van der Waals surface area contributed by atoms with Gasteiger partial charge in [0.05, 0.1) is 28.2 Å². The molecular weight excluding hydrogens is 438 g/mol. The van der Waals surface area contributed by atoms with Crippen molar-refractivity contribution < 1.29 is 4.42 Å². The molecule has 4 heterocycles. The normalized spacial score (nSPS) is 15.9. The van der Waals surface area contributed by atoms with Crippen LogP contribution < -0.4 is 0 Å². The molecule has 30 heavy (non-hydrogen) atoms. The largest absolute Gasteiger partial charge is 0.461 e. The van der Waals surface area contributed by atoms with Crippen LogP contribution in [0, 0.1) is 4.77 Å². The second-order valence-corrected chi connectivity index (χ2v) is 9.39. The van der Waals surface area contributed by atoms with Gasteiger partial charge < -0.3 is 4.42 Å². The van der Waals surface area contributed by atoms with Crippen molar-refractivity contribution in [1.29, 1.82) is 0 Å². The first-order chi connectivity index (χ1) is 14.6. The summed E-state index contributed by atoms with van der Waals surface area (Å²) in [5.74, 6) is 2.03. The summed E-state index contributed by atoms with van der Waals surface area (Å²) >= 11 is 13.6.